The van der Waals surface area contributed by atoms with Gasteiger partial charge in [-0.3, -0.25) is 9.69 Å². The molecule has 1 atom stereocenters. The van der Waals surface area contributed by atoms with Gasteiger partial charge in [0.15, 0.2) is 0 Å². The van der Waals surface area contributed by atoms with Gasteiger partial charge >= 0.3 is 0 Å². The number of benzene rings is 1. The molecule has 2 N–H and O–H groups in total. The maximum absolute atomic E-state index is 12.1. The van der Waals surface area contributed by atoms with Crippen molar-refractivity contribution in [1.29, 1.82) is 0 Å². The number of anilines is 1. The maximum atomic E-state index is 12.1. The molecule has 0 saturated carbocycles. The summed E-state index contributed by atoms with van der Waals surface area (Å²) in [4.78, 5) is 14.3. The standard InChI is InChI=1S/C15H23N3O.ClH/c1-11-4-5-14(12(2)8-11)17-15(19)10-18-7-6-16-9-13(18)3;/h4-5,8,13,16H,6-7,9-10H2,1-3H3,(H,17,19);1H. The Morgan fingerprint density at radius 2 is 2.20 bits per heavy atom. The fourth-order valence-corrected chi connectivity index (χ4v) is 2.45. The summed E-state index contributed by atoms with van der Waals surface area (Å²) in [5, 5.41) is 6.33. The molecular formula is C15H24ClN3O. The van der Waals surface area contributed by atoms with Gasteiger partial charge in [0.1, 0.15) is 0 Å². The lowest BCUT2D eigenvalue weighted by Gasteiger charge is -2.33. The highest BCUT2D eigenvalue weighted by Gasteiger charge is 2.20. The number of hydrogen-bond acceptors (Lipinski definition) is 3. The van der Waals surface area contributed by atoms with E-state index >= 15 is 0 Å². The van der Waals surface area contributed by atoms with E-state index < -0.39 is 0 Å². The number of piperazine rings is 1. The van der Waals surface area contributed by atoms with Crippen LogP contribution in [0.4, 0.5) is 5.69 Å². The van der Waals surface area contributed by atoms with Gasteiger partial charge in [-0.2, -0.15) is 0 Å². The van der Waals surface area contributed by atoms with E-state index in [0.29, 0.717) is 12.6 Å². The van der Waals surface area contributed by atoms with Crippen molar-refractivity contribution >= 4 is 24.0 Å². The molecule has 112 valence electrons. The van der Waals surface area contributed by atoms with Gasteiger partial charge in [-0.1, -0.05) is 17.7 Å². The first-order chi connectivity index (χ1) is 9.06. The topological polar surface area (TPSA) is 44.4 Å². The van der Waals surface area contributed by atoms with E-state index in [1.165, 1.54) is 5.56 Å². The first kappa shape index (κ1) is 17.0. The highest BCUT2D eigenvalue weighted by molar-refractivity contribution is 5.93. The smallest absolute Gasteiger partial charge is 0.238 e. The Morgan fingerprint density at radius 1 is 1.45 bits per heavy atom. The molecule has 1 saturated heterocycles. The molecule has 0 aromatic heterocycles. The highest BCUT2D eigenvalue weighted by Crippen LogP contribution is 2.16. The highest BCUT2D eigenvalue weighted by atomic mass is 35.5. The Bertz CT molecular complexity index is 464. The number of carbonyl (C=O) groups is 1. The Hall–Kier alpha value is -1.10. The average Bonchev–Trinajstić information content (AvgIpc) is 2.36. The van der Waals surface area contributed by atoms with Gasteiger partial charge in [-0.05, 0) is 32.4 Å². The van der Waals surface area contributed by atoms with E-state index in [0.717, 1.165) is 30.9 Å². The second-order valence-electron chi connectivity index (χ2n) is 5.39. The van der Waals surface area contributed by atoms with E-state index in [2.05, 4.69) is 35.4 Å². The van der Waals surface area contributed by atoms with Crippen LogP contribution < -0.4 is 10.6 Å². The minimum absolute atomic E-state index is 0. The number of nitrogens with one attached hydrogen (secondary N) is 2. The summed E-state index contributed by atoms with van der Waals surface area (Å²) >= 11 is 0. The quantitative estimate of drug-likeness (QED) is 0.896. The molecule has 1 aromatic rings. The van der Waals surface area contributed by atoms with E-state index in [1.54, 1.807) is 0 Å². The van der Waals surface area contributed by atoms with Crippen LogP contribution in [0.2, 0.25) is 0 Å². The summed E-state index contributed by atoms with van der Waals surface area (Å²) in [6, 6.07) is 6.50. The predicted molar refractivity (Wildman–Crippen MR) is 85.7 cm³/mol. The van der Waals surface area contributed by atoms with Gasteiger partial charge in [0, 0.05) is 31.4 Å². The molecule has 4 nitrogen and oxygen atoms in total. The summed E-state index contributed by atoms with van der Waals surface area (Å²) in [7, 11) is 0. The van der Waals surface area contributed by atoms with Crippen LogP contribution in [0.5, 0.6) is 0 Å². The minimum Gasteiger partial charge on any atom is -0.325 e. The van der Waals surface area contributed by atoms with Crippen molar-refractivity contribution in [3.8, 4) is 0 Å². The van der Waals surface area contributed by atoms with E-state index in [-0.39, 0.29) is 18.3 Å². The molecule has 0 bridgehead atoms. The lowest BCUT2D eigenvalue weighted by atomic mass is 10.1. The molecule has 1 unspecified atom stereocenters. The number of aryl methyl sites for hydroxylation is 2. The van der Waals surface area contributed by atoms with Crippen LogP contribution in [0.1, 0.15) is 18.1 Å². The lowest BCUT2D eigenvalue weighted by molar-refractivity contribution is -0.118. The largest absolute Gasteiger partial charge is 0.325 e. The van der Waals surface area contributed by atoms with Gasteiger partial charge in [-0.15, -0.1) is 12.4 Å². The molecule has 0 radical (unpaired) electrons. The molecule has 0 aliphatic carbocycles. The molecule has 0 spiro atoms. The third-order valence-electron chi connectivity index (χ3n) is 3.64. The molecule has 1 aliphatic rings. The summed E-state index contributed by atoms with van der Waals surface area (Å²) in [6.07, 6.45) is 0. The van der Waals surface area contributed by atoms with Crippen LogP contribution in [-0.4, -0.2) is 43.0 Å². The van der Waals surface area contributed by atoms with Crippen molar-refractivity contribution in [2.75, 3.05) is 31.5 Å². The van der Waals surface area contributed by atoms with Gasteiger partial charge in [0.2, 0.25) is 5.91 Å². The molecule has 1 heterocycles. The Morgan fingerprint density at radius 3 is 2.85 bits per heavy atom. The van der Waals surface area contributed by atoms with Crippen LogP contribution in [0, 0.1) is 13.8 Å². The monoisotopic (exact) mass is 297 g/mol. The molecule has 20 heavy (non-hydrogen) atoms. The maximum Gasteiger partial charge on any atom is 0.238 e. The molecule has 1 fully saturated rings. The summed E-state index contributed by atoms with van der Waals surface area (Å²) < 4.78 is 0. The molecule has 1 aliphatic heterocycles. The summed E-state index contributed by atoms with van der Waals surface area (Å²) in [5.74, 6) is 0.0701. The van der Waals surface area contributed by atoms with Crippen molar-refractivity contribution in [3.05, 3.63) is 29.3 Å². The van der Waals surface area contributed by atoms with Gasteiger partial charge < -0.3 is 10.6 Å². The summed E-state index contributed by atoms with van der Waals surface area (Å²) in [6.45, 7) is 9.54. The van der Waals surface area contributed by atoms with Crippen molar-refractivity contribution < 1.29 is 4.79 Å². The van der Waals surface area contributed by atoms with Crippen LogP contribution in [0.3, 0.4) is 0 Å². The molecular weight excluding hydrogens is 274 g/mol. The second-order valence-corrected chi connectivity index (χ2v) is 5.39. The zero-order valence-corrected chi connectivity index (χ0v) is 13.2. The Kier molecular flexibility index (Phi) is 6.46. The number of nitrogens with zero attached hydrogens (tertiary/aromatic N) is 1. The van der Waals surface area contributed by atoms with Gasteiger partial charge in [-0.25, -0.2) is 0 Å². The van der Waals surface area contributed by atoms with Crippen LogP contribution in [0.25, 0.3) is 0 Å². The first-order valence-electron chi connectivity index (χ1n) is 6.88. The van der Waals surface area contributed by atoms with Gasteiger partial charge in [0.05, 0.1) is 6.54 Å². The molecule has 5 heteroatoms. The average molecular weight is 298 g/mol. The lowest BCUT2D eigenvalue weighted by Crippen LogP contribution is -2.52. The van der Waals surface area contributed by atoms with Crippen molar-refractivity contribution in [2.45, 2.75) is 26.8 Å². The van der Waals surface area contributed by atoms with E-state index in [1.807, 2.05) is 19.1 Å². The van der Waals surface area contributed by atoms with Crippen LogP contribution in [-0.2, 0) is 4.79 Å². The van der Waals surface area contributed by atoms with Crippen LogP contribution in [0.15, 0.2) is 18.2 Å². The van der Waals surface area contributed by atoms with Crippen LogP contribution >= 0.6 is 12.4 Å². The van der Waals surface area contributed by atoms with Gasteiger partial charge in [0.25, 0.3) is 0 Å². The number of halogens is 1. The fraction of sp³-hybridized carbons (Fsp3) is 0.533. The third-order valence-corrected chi connectivity index (χ3v) is 3.64. The number of rotatable bonds is 3. The minimum atomic E-state index is 0. The zero-order valence-electron chi connectivity index (χ0n) is 12.4. The third kappa shape index (κ3) is 4.47. The van der Waals surface area contributed by atoms with Crippen molar-refractivity contribution in [1.82, 2.24) is 10.2 Å². The molecule has 1 aromatic carbocycles. The molecule has 1 amide bonds. The fourth-order valence-electron chi connectivity index (χ4n) is 2.45. The van der Waals surface area contributed by atoms with E-state index in [4.69, 9.17) is 0 Å². The molecule has 2 rings (SSSR count). The number of amides is 1. The predicted octanol–water partition coefficient (Wildman–Crippen LogP) is 1.96. The first-order valence-corrected chi connectivity index (χ1v) is 6.88. The SMILES string of the molecule is Cc1ccc(NC(=O)CN2CCNCC2C)c(C)c1.Cl. The second kappa shape index (κ2) is 7.62. The Labute approximate surface area is 127 Å². The van der Waals surface area contributed by atoms with E-state index in [9.17, 15) is 4.79 Å². The van der Waals surface area contributed by atoms with Crippen molar-refractivity contribution in [3.63, 3.8) is 0 Å². The zero-order chi connectivity index (χ0) is 13.8. The number of carbonyl (C=O) groups excluding carboxylic acids is 1. The Balaban J connectivity index is 0.00000200. The van der Waals surface area contributed by atoms with Crippen molar-refractivity contribution in [2.24, 2.45) is 0 Å². The number of hydrogen-bond donors (Lipinski definition) is 2. The summed E-state index contributed by atoms with van der Waals surface area (Å²) in [5.41, 5.74) is 3.24. The normalized spacial score (nSPS) is 19.2.